The number of halogens is 1. The van der Waals surface area contributed by atoms with Crippen LogP contribution in [0.3, 0.4) is 0 Å². The molecule has 0 aliphatic rings. The summed E-state index contributed by atoms with van der Waals surface area (Å²) in [6, 6.07) is 8.73. The zero-order valence-corrected chi connectivity index (χ0v) is 9.86. The monoisotopic (exact) mass is 233 g/mol. The van der Waals surface area contributed by atoms with Crippen molar-refractivity contribution < 1.29 is 4.39 Å². The molecular formula is C13H16FN3. The lowest BCUT2D eigenvalue weighted by atomic mass is 10.2. The number of hydrogen-bond donors (Lipinski definition) is 1. The molecule has 2 rings (SSSR count). The van der Waals surface area contributed by atoms with Crippen LogP contribution in [0.2, 0.25) is 0 Å². The summed E-state index contributed by atoms with van der Waals surface area (Å²) in [6.45, 7) is 4.19. The molecule has 1 aromatic carbocycles. The van der Waals surface area contributed by atoms with Gasteiger partial charge in [0.15, 0.2) is 0 Å². The van der Waals surface area contributed by atoms with Crippen molar-refractivity contribution in [1.82, 2.24) is 15.1 Å². The Labute approximate surface area is 100 Å². The van der Waals surface area contributed by atoms with Gasteiger partial charge in [0.25, 0.3) is 0 Å². The smallest absolute Gasteiger partial charge is 0.128 e. The molecule has 1 heterocycles. The first kappa shape index (κ1) is 11.8. The van der Waals surface area contributed by atoms with Crippen molar-refractivity contribution in [2.75, 3.05) is 6.54 Å². The fraction of sp³-hybridized carbons (Fsp3) is 0.308. The normalized spacial score (nSPS) is 10.7. The van der Waals surface area contributed by atoms with E-state index in [1.165, 1.54) is 6.07 Å². The lowest BCUT2D eigenvalue weighted by Crippen LogP contribution is -2.12. The van der Waals surface area contributed by atoms with Crippen LogP contribution in [0.5, 0.6) is 0 Å². The van der Waals surface area contributed by atoms with Crippen LogP contribution < -0.4 is 5.32 Å². The Morgan fingerprint density at radius 3 is 2.88 bits per heavy atom. The second-order valence-corrected chi connectivity index (χ2v) is 3.88. The van der Waals surface area contributed by atoms with Gasteiger partial charge in [0.1, 0.15) is 5.82 Å². The van der Waals surface area contributed by atoms with Crippen LogP contribution in [0.15, 0.2) is 36.5 Å². The maximum atomic E-state index is 13.4. The highest BCUT2D eigenvalue weighted by atomic mass is 19.1. The molecule has 0 fully saturated rings. The summed E-state index contributed by atoms with van der Waals surface area (Å²) in [6.07, 6.45) is 1.87. The van der Waals surface area contributed by atoms with Crippen LogP contribution in [-0.4, -0.2) is 16.3 Å². The van der Waals surface area contributed by atoms with Crippen LogP contribution >= 0.6 is 0 Å². The molecule has 0 unspecified atom stereocenters. The molecule has 0 amide bonds. The number of aromatic nitrogens is 2. The van der Waals surface area contributed by atoms with Crippen molar-refractivity contribution in [3.8, 4) is 0 Å². The van der Waals surface area contributed by atoms with E-state index in [-0.39, 0.29) is 5.82 Å². The first-order valence-corrected chi connectivity index (χ1v) is 5.76. The standard InChI is InChI=1S/C13H16FN3/c1-2-15-9-12-7-8-17(16-12)10-11-5-3-4-6-13(11)14/h3-8,15H,2,9-10H2,1H3. The molecule has 1 aromatic heterocycles. The zero-order chi connectivity index (χ0) is 12.1. The van der Waals surface area contributed by atoms with Gasteiger partial charge in [-0.05, 0) is 18.7 Å². The molecule has 0 atom stereocenters. The van der Waals surface area contributed by atoms with Crippen molar-refractivity contribution in [2.24, 2.45) is 0 Å². The molecule has 4 heteroatoms. The number of nitrogens with one attached hydrogen (secondary N) is 1. The third kappa shape index (κ3) is 3.14. The average Bonchev–Trinajstić information content (AvgIpc) is 2.77. The van der Waals surface area contributed by atoms with Crippen LogP contribution in [0.25, 0.3) is 0 Å². The van der Waals surface area contributed by atoms with Gasteiger partial charge < -0.3 is 5.32 Å². The molecule has 3 nitrogen and oxygen atoms in total. The molecule has 0 aliphatic heterocycles. The molecule has 17 heavy (non-hydrogen) atoms. The van der Waals surface area contributed by atoms with Crippen molar-refractivity contribution in [3.63, 3.8) is 0 Å². The second-order valence-electron chi connectivity index (χ2n) is 3.88. The molecule has 2 aromatic rings. The first-order chi connectivity index (χ1) is 8.29. The summed E-state index contributed by atoms with van der Waals surface area (Å²) in [5, 5.41) is 7.57. The Balaban J connectivity index is 2.04. The SMILES string of the molecule is CCNCc1ccn(Cc2ccccc2F)n1. The van der Waals surface area contributed by atoms with Gasteiger partial charge in [0, 0.05) is 18.3 Å². The minimum absolute atomic E-state index is 0.184. The van der Waals surface area contributed by atoms with E-state index in [0.717, 1.165) is 18.8 Å². The van der Waals surface area contributed by atoms with E-state index in [1.807, 2.05) is 18.3 Å². The molecular weight excluding hydrogens is 217 g/mol. The Bertz CT molecular complexity index is 479. The summed E-state index contributed by atoms with van der Waals surface area (Å²) < 4.78 is 15.2. The van der Waals surface area contributed by atoms with Crippen LogP contribution in [0.4, 0.5) is 4.39 Å². The summed E-state index contributed by atoms with van der Waals surface area (Å²) in [5.74, 6) is -0.184. The van der Waals surface area contributed by atoms with Gasteiger partial charge in [-0.2, -0.15) is 5.10 Å². The Morgan fingerprint density at radius 2 is 2.12 bits per heavy atom. The Morgan fingerprint density at radius 1 is 1.29 bits per heavy atom. The minimum atomic E-state index is -0.184. The minimum Gasteiger partial charge on any atom is -0.311 e. The topological polar surface area (TPSA) is 29.9 Å². The maximum Gasteiger partial charge on any atom is 0.128 e. The van der Waals surface area contributed by atoms with Gasteiger partial charge in [-0.15, -0.1) is 0 Å². The van der Waals surface area contributed by atoms with E-state index in [2.05, 4.69) is 17.3 Å². The van der Waals surface area contributed by atoms with Gasteiger partial charge in [-0.25, -0.2) is 4.39 Å². The Hall–Kier alpha value is -1.68. The van der Waals surface area contributed by atoms with Gasteiger partial charge in [0.2, 0.25) is 0 Å². The molecule has 90 valence electrons. The van der Waals surface area contributed by atoms with E-state index in [1.54, 1.807) is 16.8 Å². The fourth-order valence-corrected chi connectivity index (χ4v) is 1.64. The molecule has 1 N–H and O–H groups in total. The third-order valence-electron chi connectivity index (χ3n) is 2.54. The van der Waals surface area contributed by atoms with Gasteiger partial charge >= 0.3 is 0 Å². The van der Waals surface area contributed by atoms with Crippen LogP contribution in [-0.2, 0) is 13.1 Å². The number of hydrogen-bond acceptors (Lipinski definition) is 2. The largest absolute Gasteiger partial charge is 0.311 e. The van der Waals surface area contributed by atoms with E-state index in [0.29, 0.717) is 12.1 Å². The molecule has 0 spiro atoms. The third-order valence-corrected chi connectivity index (χ3v) is 2.54. The summed E-state index contributed by atoms with van der Waals surface area (Å²) in [5.41, 5.74) is 1.63. The van der Waals surface area contributed by atoms with Crippen molar-refractivity contribution >= 4 is 0 Å². The van der Waals surface area contributed by atoms with Gasteiger partial charge in [-0.3, -0.25) is 4.68 Å². The number of benzene rings is 1. The van der Waals surface area contributed by atoms with E-state index in [4.69, 9.17) is 0 Å². The molecule has 0 saturated heterocycles. The summed E-state index contributed by atoms with van der Waals surface area (Å²) in [4.78, 5) is 0. The second kappa shape index (κ2) is 5.59. The van der Waals surface area contributed by atoms with E-state index >= 15 is 0 Å². The Kier molecular flexibility index (Phi) is 3.88. The molecule has 0 radical (unpaired) electrons. The van der Waals surface area contributed by atoms with E-state index in [9.17, 15) is 4.39 Å². The van der Waals surface area contributed by atoms with Crippen molar-refractivity contribution in [3.05, 3.63) is 53.6 Å². The van der Waals surface area contributed by atoms with Crippen LogP contribution in [0.1, 0.15) is 18.2 Å². The number of nitrogens with zero attached hydrogens (tertiary/aromatic N) is 2. The quantitative estimate of drug-likeness (QED) is 0.857. The zero-order valence-electron chi connectivity index (χ0n) is 9.86. The van der Waals surface area contributed by atoms with Crippen LogP contribution in [0, 0.1) is 5.82 Å². The maximum absolute atomic E-state index is 13.4. The number of rotatable bonds is 5. The van der Waals surface area contributed by atoms with Gasteiger partial charge in [-0.1, -0.05) is 25.1 Å². The average molecular weight is 233 g/mol. The highest BCUT2D eigenvalue weighted by Crippen LogP contribution is 2.08. The lowest BCUT2D eigenvalue weighted by Gasteiger charge is -2.03. The fourth-order valence-electron chi connectivity index (χ4n) is 1.64. The van der Waals surface area contributed by atoms with Gasteiger partial charge in [0.05, 0.1) is 12.2 Å². The van der Waals surface area contributed by atoms with Crippen molar-refractivity contribution in [1.29, 1.82) is 0 Å². The predicted molar refractivity (Wildman–Crippen MR) is 65.1 cm³/mol. The molecule has 0 aliphatic carbocycles. The van der Waals surface area contributed by atoms with E-state index < -0.39 is 0 Å². The first-order valence-electron chi connectivity index (χ1n) is 5.76. The van der Waals surface area contributed by atoms with Crippen molar-refractivity contribution in [2.45, 2.75) is 20.0 Å². The lowest BCUT2D eigenvalue weighted by molar-refractivity contribution is 0.580. The molecule has 0 bridgehead atoms. The molecule has 0 saturated carbocycles. The predicted octanol–water partition coefficient (Wildman–Crippen LogP) is 2.18. The highest BCUT2D eigenvalue weighted by molar-refractivity contribution is 5.17. The summed E-state index contributed by atoms with van der Waals surface area (Å²) >= 11 is 0. The summed E-state index contributed by atoms with van der Waals surface area (Å²) in [7, 11) is 0. The highest BCUT2D eigenvalue weighted by Gasteiger charge is 2.03.